The largest absolute Gasteiger partial charge is 0.494 e. The number of hydrogen-bond donors (Lipinski definition) is 0. The minimum absolute atomic E-state index is 0.328. The summed E-state index contributed by atoms with van der Waals surface area (Å²) in [7, 11) is 0. The number of nitrogens with zero attached hydrogens (tertiary/aromatic N) is 4. The summed E-state index contributed by atoms with van der Waals surface area (Å²) < 4.78 is 5.62. The van der Waals surface area contributed by atoms with Crippen LogP contribution >= 0.6 is 0 Å². The molecule has 0 aliphatic heterocycles. The van der Waals surface area contributed by atoms with Gasteiger partial charge in [-0.1, -0.05) is 43.7 Å². The van der Waals surface area contributed by atoms with Crippen molar-refractivity contribution >= 4 is 11.7 Å². The van der Waals surface area contributed by atoms with Crippen molar-refractivity contribution in [1.82, 2.24) is 0 Å². The van der Waals surface area contributed by atoms with Crippen LogP contribution in [0.3, 0.4) is 0 Å². The van der Waals surface area contributed by atoms with E-state index in [9.17, 15) is 4.79 Å². The molecule has 0 aliphatic rings. The van der Waals surface area contributed by atoms with E-state index in [0.717, 1.165) is 24.2 Å². The lowest BCUT2D eigenvalue weighted by Gasteiger charge is -2.21. The van der Waals surface area contributed by atoms with Gasteiger partial charge in [-0.2, -0.15) is 0 Å². The van der Waals surface area contributed by atoms with Crippen LogP contribution in [0.1, 0.15) is 25.3 Å². The maximum atomic E-state index is 12.1. The number of azide groups is 1. The molecule has 24 heavy (non-hydrogen) atoms. The van der Waals surface area contributed by atoms with Crippen molar-refractivity contribution in [3.05, 3.63) is 70.6 Å². The van der Waals surface area contributed by atoms with Gasteiger partial charge in [-0.05, 0) is 41.8 Å². The first-order valence-corrected chi connectivity index (χ1v) is 7.88. The highest BCUT2D eigenvalue weighted by molar-refractivity contribution is 5.92. The number of hydrogen-bond acceptors (Lipinski definition) is 2. The topological polar surface area (TPSA) is 78.3 Å². The molecule has 2 amide bonds. The molecular formula is C18H20N4O2. The van der Waals surface area contributed by atoms with E-state index in [-0.39, 0.29) is 0 Å². The lowest BCUT2D eigenvalue weighted by atomic mass is 10.2. The fourth-order valence-electron chi connectivity index (χ4n) is 2.18. The molecule has 0 radical (unpaired) electrons. The molecule has 0 aliphatic carbocycles. The van der Waals surface area contributed by atoms with Crippen LogP contribution in [0.4, 0.5) is 10.5 Å². The molecule has 6 heteroatoms. The minimum atomic E-state index is -0.638. The second-order valence-electron chi connectivity index (χ2n) is 5.24. The van der Waals surface area contributed by atoms with Crippen LogP contribution in [0.5, 0.6) is 5.75 Å². The number of anilines is 1. The lowest BCUT2D eigenvalue weighted by molar-refractivity contribution is 0.253. The number of rotatable bonds is 7. The monoisotopic (exact) mass is 324 g/mol. The van der Waals surface area contributed by atoms with Gasteiger partial charge >= 0.3 is 6.03 Å². The molecule has 0 N–H and O–H groups in total. The number of amides is 2. The van der Waals surface area contributed by atoms with Crippen molar-refractivity contribution in [1.29, 1.82) is 0 Å². The molecule has 0 saturated carbocycles. The van der Waals surface area contributed by atoms with E-state index in [4.69, 9.17) is 10.3 Å². The molecule has 0 fully saturated rings. The third-order valence-electron chi connectivity index (χ3n) is 3.46. The molecule has 2 rings (SSSR count). The van der Waals surface area contributed by atoms with Crippen LogP contribution in [0.25, 0.3) is 10.4 Å². The molecule has 0 aromatic heterocycles. The summed E-state index contributed by atoms with van der Waals surface area (Å²) in [5.41, 5.74) is 10.2. The van der Waals surface area contributed by atoms with Crippen LogP contribution in [-0.4, -0.2) is 12.6 Å². The third-order valence-corrected chi connectivity index (χ3v) is 3.46. The van der Waals surface area contributed by atoms with Gasteiger partial charge in [-0.3, -0.25) is 4.79 Å². The van der Waals surface area contributed by atoms with Gasteiger partial charge in [0, 0.05) is 15.7 Å². The molecule has 0 spiro atoms. The molecular weight excluding hydrogens is 304 g/mol. The second kappa shape index (κ2) is 9.22. The summed E-state index contributed by atoms with van der Waals surface area (Å²) in [5, 5.41) is 3.22. The van der Waals surface area contributed by atoms with Crippen molar-refractivity contribution in [3.8, 4) is 5.75 Å². The average molecular weight is 324 g/mol. The highest BCUT2D eigenvalue weighted by atomic mass is 16.5. The van der Waals surface area contributed by atoms with Crippen LogP contribution in [0.2, 0.25) is 0 Å². The van der Waals surface area contributed by atoms with E-state index in [1.54, 1.807) is 12.1 Å². The molecule has 124 valence electrons. The summed E-state index contributed by atoms with van der Waals surface area (Å²) in [4.78, 5) is 16.2. The molecule has 2 aromatic rings. The predicted molar refractivity (Wildman–Crippen MR) is 94.0 cm³/mol. The summed E-state index contributed by atoms with van der Waals surface area (Å²) in [6, 6.07) is 16.1. The van der Waals surface area contributed by atoms with E-state index in [0.29, 0.717) is 18.8 Å². The summed E-state index contributed by atoms with van der Waals surface area (Å²) in [5.74, 6) is 0.753. The Kier molecular flexibility index (Phi) is 6.68. The number of unbranched alkanes of at least 4 members (excludes halogenated alkanes) is 1. The number of benzene rings is 2. The Bertz CT molecular complexity index is 695. The molecule has 0 heterocycles. The first-order chi connectivity index (χ1) is 11.7. The van der Waals surface area contributed by atoms with Crippen molar-refractivity contribution in [2.45, 2.75) is 26.3 Å². The molecule has 6 nitrogen and oxygen atoms in total. The van der Waals surface area contributed by atoms with E-state index in [2.05, 4.69) is 16.9 Å². The van der Waals surface area contributed by atoms with Crippen LogP contribution in [0, 0.1) is 0 Å². The number of urea groups is 1. The zero-order valence-corrected chi connectivity index (χ0v) is 13.6. The Labute approximate surface area is 141 Å². The zero-order chi connectivity index (χ0) is 17.2. The number of carbonyl (C=O) groups excluding carboxylic acids is 1. The fraction of sp³-hybridized carbons (Fsp3) is 0.278. The van der Waals surface area contributed by atoms with E-state index >= 15 is 0 Å². The quantitative estimate of drug-likeness (QED) is 0.300. The van der Waals surface area contributed by atoms with Crippen LogP contribution in [0.15, 0.2) is 59.7 Å². The van der Waals surface area contributed by atoms with Crippen molar-refractivity contribution < 1.29 is 9.53 Å². The first-order valence-electron chi connectivity index (χ1n) is 7.88. The zero-order valence-electron chi connectivity index (χ0n) is 13.6. The third kappa shape index (κ3) is 5.04. The molecule has 2 aromatic carbocycles. The Hall–Kier alpha value is -2.98. The maximum Gasteiger partial charge on any atom is 0.315 e. The second-order valence-corrected chi connectivity index (χ2v) is 5.24. The summed E-state index contributed by atoms with van der Waals surface area (Å²) >= 11 is 0. The normalized spacial score (nSPS) is 9.88. The Morgan fingerprint density at radius 1 is 1.17 bits per heavy atom. The molecule has 0 saturated heterocycles. The highest BCUT2D eigenvalue weighted by Crippen LogP contribution is 2.22. The molecule has 0 atom stereocenters. The predicted octanol–water partition coefficient (Wildman–Crippen LogP) is 5.30. The van der Waals surface area contributed by atoms with Gasteiger partial charge in [0.05, 0.1) is 13.2 Å². The van der Waals surface area contributed by atoms with Crippen LogP contribution in [-0.2, 0) is 6.54 Å². The van der Waals surface area contributed by atoms with Gasteiger partial charge in [0.15, 0.2) is 0 Å². The fourth-order valence-corrected chi connectivity index (χ4v) is 2.18. The molecule has 0 unspecified atom stereocenters. The van der Waals surface area contributed by atoms with E-state index < -0.39 is 6.03 Å². The highest BCUT2D eigenvalue weighted by Gasteiger charge is 2.15. The van der Waals surface area contributed by atoms with Crippen molar-refractivity contribution in [2.75, 3.05) is 11.5 Å². The maximum absolute atomic E-state index is 12.1. The Morgan fingerprint density at radius 2 is 1.88 bits per heavy atom. The van der Waals surface area contributed by atoms with Gasteiger partial charge in [-0.25, -0.2) is 0 Å². The smallest absolute Gasteiger partial charge is 0.315 e. The van der Waals surface area contributed by atoms with Crippen LogP contribution < -0.4 is 9.64 Å². The standard InChI is InChI=1S/C18H20N4O2/c1-2-3-13-24-17-11-9-16(10-12-17)22(18(23)20-21-19)14-15-7-5-4-6-8-15/h4-12H,2-3,13-14H2,1H3. The number of carbonyl (C=O) groups is 1. The van der Waals surface area contributed by atoms with Gasteiger partial charge in [0.25, 0.3) is 0 Å². The van der Waals surface area contributed by atoms with Gasteiger partial charge in [0.1, 0.15) is 5.75 Å². The van der Waals surface area contributed by atoms with Gasteiger partial charge in [0.2, 0.25) is 0 Å². The van der Waals surface area contributed by atoms with E-state index in [1.807, 2.05) is 42.5 Å². The van der Waals surface area contributed by atoms with Crippen molar-refractivity contribution in [3.63, 3.8) is 0 Å². The minimum Gasteiger partial charge on any atom is -0.494 e. The Morgan fingerprint density at radius 3 is 2.50 bits per heavy atom. The number of ether oxygens (including phenoxy) is 1. The summed E-state index contributed by atoms with van der Waals surface area (Å²) in [6.07, 6.45) is 2.07. The molecule has 0 bridgehead atoms. The van der Waals surface area contributed by atoms with Crippen molar-refractivity contribution in [2.24, 2.45) is 5.11 Å². The Balaban J connectivity index is 2.17. The summed E-state index contributed by atoms with van der Waals surface area (Å²) in [6.45, 7) is 3.10. The van der Waals surface area contributed by atoms with Gasteiger partial charge in [-0.15, -0.1) is 0 Å². The lowest BCUT2D eigenvalue weighted by Crippen LogP contribution is -2.27. The first kappa shape index (κ1) is 17.4. The average Bonchev–Trinajstić information content (AvgIpc) is 2.62. The van der Waals surface area contributed by atoms with E-state index in [1.165, 1.54) is 4.90 Å². The SMILES string of the molecule is CCCCOc1ccc(N(Cc2ccccc2)C(=O)N=[N+]=[N-])cc1. The van der Waals surface area contributed by atoms with Gasteiger partial charge < -0.3 is 9.64 Å².